The first kappa shape index (κ1) is 26.7. The number of carbonyl (C=O) groups is 1. The highest BCUT2D eigenvalue weighted by atomic mass is 16.2. The van der Waals surface area contributed by atoms with E-state index in [-0.39, 0.29) is 5.91 Å². The van der Waals surface area contributed by atoms with Gasteiger partial charge in [0, 0.05) is 13.0 Å². The van der Waals surface area contributed by atoms with E-state index in [1.54, 1.807) is 0 Å². The Balaban J connectivity index is 1.74. The van der Waals surface area contributed by atoms with Crippen LogP contribution in [0.15, 0.2) is 30.3 Å². The molecular formula is C27H48N2O. The number of aryl methyl sites for hydroxylation is 1. The Bertz CT molecular complexity index is 489. The van der Waals surface area contributed by atoms with E-state index in [0.29, 0.717) is 6.42 Å². The van der Waals surface area contributed by atoms with E-state index in [0.717, 1.165) is 25.8 Å². The van der Waals surface area contributed by atoms with Gasteiger partial charge in [-0.3, -0.25) is 10.2 Å². The van der Waals surface area contributed by atoms with Crippen molar-refractivity contribution in [3.63, 3.8) is 0 Å². The van der Waals surface area contributed by atoms with Crippen LogP contribution in [-0.4, -0.2) is 12.5 Å². The van der Waals surface area contributed by atoms with Crippen molar-refractivity contribution in [2.75, 3.05) is 6.54 Å². The highest BCUT2D eigenvalue weighted by molar-refractivity contribution is 5.75. The molecule has 0 bridgehead atoms. The lowest BCUT2D eigenvalue weighted by molar-refractivity contribution is -0.122. The summed E-state index contributed by atoms with van der Waals surface area (Å²) >= 11 is 0. The normalized spacial score (nSPS) is 11.0. The zero-order chi connectivity index (χ0) is 21.5. The second-order valence-corrected chi connectivity index (χ2v) is 8.76. The summed E-state index contributed by atoms with van der Waals surface area (Å²) in [4.78, 5) is 11.8. The predicted molar refractivity (Wildman–Crippen MR) is 130 cm³/mol. The lowest BCUT2D eigenvalue weighted by Crippen LogP contribution is -2.37. The van der Waals surface area contributed by atoms with E-state index in [4.69, 9.17) is 0 Å². The van der Waals surface area contributed by atoms with Crippen molar-refractivity contribution in [1.82, 2.24) is 10.9 Å². The van der Waals surface area contributed by atoms with Gasteiger partial charge >= 0.3 is 0 Å². The third-order valence-electron chi connectivity index (χ3n) is 5.85. The van der Waals surface area contributed by atoms with Crippen molar-refractivity contribution < 1.29 is 4.79 Å². The summed E-state index contributed by atoms with van der Waals surface area (Å²) in [6.07, 6.45) is 23.0. The smallest absolute Gasteiger partial charge is 0.234 e. The fourth-order valence-corrected chi connectivity index (χ4v) is 3.91. The summed E-state index contributed by atoms with van der Waals surface area (Å²) in [6, 6.07) is 10.5. The van der Waals surface area contributed by atoms with Crippen molar-refractivity contribution in [3.05, 3.63) is 35.9 Å². The van der Waals surface area contributed by atoms with E-state index in [2.05, 4.69) is 42.0 Å². The Morgan fingerprint density at radius 1 is 0.667 bits per heavy atom. The largest absolute Gasteiger partial charge is 0.292 e. The average Bonchev–Trinajstić information content (AvgIpc) is 2.77. The third kappa shape index (κ3) is 17.5. The molecule has 0 radical (unpaired) electrons. The fraction of sp³-hybridized carbons (Fsp3) is 0.741. The molecule has 1 rings (SSSR count). The topological polar surface area (TPSA) is 41.1 Å². The van der Waals surface area contributed by atoms with Gasteiger partial charge in [-0.15, -0.1) is 0 Å². The number of hydrogen-bond donors (Lipinski definition) is 2. The molecule has 1 aromatic carbocycles. The van der Waals surface area contributed by atoms with Crippen molar-refractivity contribution >= 4 is 5.91 Å². The molecule has 0 spiro atoms. The Kier molecular flexibility index (Phi) is 18.6. The Hall–Kier alpha value is -1.35. The fourth-order valence-electron chi connectivity index (χ4n) is 3.91. The number of unbranched alkanes of at least 4 members (excludes halogenated alkanes) is 14. The molecule has 0 heterocycles. The monoisotopic (exact) mass is 416 g/mol. The van der Waals surface area contributed by atoms with Crippen LogP contribution in [0.5, 0.6) is 0 Å². The molecule has 0 saturated carbocycles. The van der Waals surface area contributed by atoms with E-state index in [1.807, 2.05) is 6.07 Å². The average molecular weight is 417 g/mol. The molecule has 0 aliphatic carbocycles. The molecule has 0 aliphatic rings. The molecule has 3 heteroatoms. The van der Waals surface area contributed by atoms with Crippen LogP contribution < -0.4 is 10.9 Å². The van der Waals surface area contributed by atoms with Crippen molar-refractivity contribution in [3.8, 4) is 0 Å². The van der Waals surface area contributed by atoms with E-state index in [9.17, 15) is 4.79 Å². The molecule has 172 valence electrons. The summed E-state index contributed by atoms with van der Waals surface area (Å²) in [5.74, 6) is 0.129. The van der Waals surface area contributed by atoms with Crippen LogP contribution in [0.3, 0.4) is 0 Å². The molecule has 0 aliphatic heterocycles. The van der Waals surface area contributed by atoms with Crippen LogP contribution in [0.1, 0.15) is 122 Å². The van der Waals surface area contributed by atoms with Gasteiger partial charge in [-0.1, -0.05) is 127 Å². The number of amides is 1. The standard InChI is InChI=1S/C27H48N2O/c1-2-3-4-5-6-7-8-9-10-11-12-13-14-15-19-24-27(30)29-28-25-20-23-26-21-17-16-18-22-26/h16-18,21-22,28H,2-15,19-20,23-25H2,1H3,(H,29,30). The number of rotatable bonds is 21. The van der Waals surface area contributed by atoms with Gasteiger partial charge in [-0.2, -0.15) is 0 Å². The molecule has 1 amide bonds. The summed E-state index contributed by atoms with van der Waals surface area (Å²) in [5, 5.41) is 0. The Labute approximate surface area is 186 Å². The predicted octanol–water partition coefficient (Wildman–Crippen LogP) is 7.50. The SMILES string of the molecule is CCCCCCCCCCCCCCCCCC(=O)NNCCCc1ccccc1. The second kappa shape index (κ2) is 20.9. The van der Waals surface area contributed by atoms with Crippen molar-refractivity contribution in [2.24, 2.45) is 0 Å². The molecule has 1 aromatic rings. The van der Waals surface area contributed by atoms with Crippen molar-refractivity contribution in [1.29, 1.82) is 0 Å². The number of hydrogen-bond acceptors (Lipinski definition) is 2. The lowest BCUT2D eigenvalue weighted by atomic mass is 10.0. The van der Waals surface area contributed by atoms with E-state index >= 15 is 0 Å². The minimum absolute atomic E-state index is 0.129. The molecule has 0 unspecified atom stereocenters. The minimum atomic E-state index is 0.129. The number of benzene rings is 1. The van der Waals surface area contributed by atoms with Crippen LogP contribution in [0, 0.1) is 0 Å². The zero-order valence-electron chi connectivity index (χ0n) is 19.7. The number of nitrogens with one attached hydrogen (secondary N) is 2. The van der Waals surface area contributed by atoms with Crippen molar-refractivity contribution in [2.45, 2.75) is 122 Å². The molecule has 3 nitrogen and oxygen atoms in total. The molecular weight excluding hydrogens is 368 g/mol. The molecule has 0 saturated heterocycles. The van der Waals surface area contributed by atoms with Gasteiger partial charge in [0.2, 0.25) is 5.91 Å². The maximum absolute atomic E-state index is 11.8. The van der Waals surface area contributed by atoms with Gasteiger partial charge in [0.05, 0.1) is 0 Å². The molecule has 2 N–H and O–H groups in total. The maximum atomic E-state index is 11.8. The van der Waals surface area contributed by atoms with Gasteiger partial charge in [0.15, 0.2) is 0 Å². The Morgan fingerprint density at radius 2 is 1.17 bits per heavy atom. The van der Waals surface area contributed by atoms with E-state index < -0.39 is 0 Å². The molecule has 0 aromatic heterocycles. The summed E-state index contributed by atoms with van der Waals surface area (Å²) in [7, 11) is 0. The van der Waals surface area contributed by atoms with Gasteiger partial charge in [0.1, 0.15) is 0 Å². The first-order valence-electron chi connectivity index (χ1n) is 12.9. The first-order valence-corrected chi connectivity index (χ1v) is 12.9. The van der Waals surface area contributed by atoms with Crippen LogP contribution in [0.25, 0.3) is 0 Å². The summed E-state index contributed by atoms with van der Waals surface area (Å²) < 4.78 is 0. The zero-order valence-corrected chi connectivity index (χ0v) is 19.7. The van der Waals surface area contributed by atoms with Crippen LogP contribution >= 0.6 is 0 Å². The molecule has 30 heavy (non-hydrogen) atoms. The number of hydrazine groups is 1. The quantitative estimate of drug-likeness (QED) is 0.161. The van der Waals surface area contributed by atoms with Gasteiger partial charge in [-0.25, -0.2) is 5.43 Å². The minimum Gasteiger partial charge on any atom is -0.292 e. The van der Waals surface area contributed by atoms with Gasteiger partial charge in [-0.05, 0) is 24.8 Å². The van der Waals surface area contributed by atoms with Gasteiger partial charge in [0.25, 0.3) is 0 Å². The van der Waals surface area contributed by atoms with Crippen LogP contribution in [0.4, 0.5) is 0 Å². The van der Waals surface area contributed by atoms with Gasteiger partial charge < -0.3 is 0 Å². The van der Waals surface area contributed by atoms with Crippen LogP contribution in [-0.2, 0) is 11.2 Å². The highest BCUT2D eigenvalue weighted by Crippen LogP contribution is 2.13. The summed E-state index contributed by atoms with van der Waals surface area (Å²) in [6.45, 7) is 3.10. The Morgan fingerprint density at radius 3 is 1.70 bits per heavy atom. The first-order chi connectivity index (χ1) is 14.8. The lowest BCUT2D eigenvalue weighted by Gasteiger charge is -2.07. The van der Waals surface area contributed by atoms with Crippen LogP contribution in [0.2, 0.25) is 0 Å². The third-order valence-corrected chi connectivity index (χ3v) is 5.85. The van der Waals surface area contributed by atoms with E-state index in [1.165, 1.54) is 95.5 Å². The second-order valence-electron chi connectivity index (χ2n) is 8.76. The molecule has 0 atom stereocenters. The maximum Gasteiger partial charge on any atom is 0.234 e. The summed E-state index contributed by atoms with van der Waals surface area (Å²) in [5.41, 5.74) is 7.24. The number of carbonyl (C=O) groups excluding carboxylic acids is 1. The highest BCUT2D eigenvalue weighted by Gasteiger charge is 2.00. The molecule has 0 fully saturated rings.